The number of aromatic nitrogens is 3. The molecule has 0 amide bonds. The predicted octanol–water partition coefficient (Wildman–Crippen LogP) is 4.95. The Hall–Kier alpha value is -3.82. The van der Waals surface area contributed by atoms with Crippen molar-refractivity contribution < 1.29 is 13.9 Å². The van der Waals surface area contributed by atoms with E-state index in [9.17, 15) is 9.18 Å². The van der Waals surface area contributed by atoms with Crippen LogP contribution < -0.4 is 10.2 Å². The first-order valence-corrected chi connectivity index (χ1v) is 12.8. The van der Waals surface area contributed by atoms with Crippen LogP contribution in [-0.4, -0.2) is 65.7 Å². The summed E-state index contributed by atoms with van der Waals surface area (Å²) >= 11 is 6.55. The van der Waals surface area contributed by atoms with Crippen LogP contribution in [0.1, 0.15) is 18.5 Å². The molecule has 196 valence electrons. The fourth-order valence-corrected chi connectivity index (χ4v) is 4.81. The molecule has 2 aromatic heterocycles. The highest BCUT2D eigenvalue weighted by molar-refractivity contribution is 6.34. The molecule has 0 saturated carbocycles. The fraction of sp³-hybridized carbons (Fsp3) is 0.286. The van der Waals surface area contributed by atoms with Gasteiger partial charge in [-0.05, 0) is 30.7 Å². The Kier molecular flexibility index (Phi) is 7.67. The number of methoxy groups -OCH3 is 1. The number of esters is 1. The zero-order valence-corrected chi connectivity index (χ0v) is 22.0. The Morgan fingerprint density at radius 1 is 1.05 bits per heavy atom. The summed E-state index contributed by atoms with van der Waals surface area (Å²) in [7, 11) is 1.40. The summed E-state index contributed by atoms with van der Waals surface area (Å²) < 4.78 is 19.1. The summed E-state index contributed by atoms with van der Waals surface area (Å²) in [6.45, 7) is 5.12. The molecule has 10 heteroatoms. The molecule has 3 heterocycles. The molecule has 4 aromatic rings. The average Bonchev–Trinajstić information content (AvgIpc) is 2.95. The maximum Gasteiger partial charge on any atom is 0.319 e. The Balaban J connectivity index is 1.35. The second-order valence-corrected chi connectivity index (χ2v) is 9.62. The number of nitrogens with zero attached hydrogens (tertiary/aromatic N) is 5. The van der Waals surface area contributed by atoms with Crippen LogP contribution in [0, 0.1) is 5.82 Å². The first-order chi connectivity index (χ1) is 18.4. The topological polar surface area (TPSA) is 83.5 Å². The van der Waals surface area contributed by atoms with Crippen molar-refractivity contribution in [2.75, 3.05) is 50.1 Å². The van der Waals surface area contributed by atoms with Crippen molar-refractivity contribution in [1.29, 1.82) is 0 Å². The van der Waals surface area contributed by atoms with Crippen molar-refractivity contribution in [1.82, 2.24) is 19.9 Å². The van der Waals surface area contributed by atoms with Gasteiger partial charge >= 0.3 is 5.97 Å². The van der Waals surface area contributed by atoms with Gasteiger partial charge in [0, 0.05) is 61.3 Å². The summed E-state index contributed by atoms with van der Waals surface area (Å²) in [6.07, 6.45) is 5.21. The molecule has 2 aromatic carbocycles. The van der Waals surface area contributed by atoms with Crippen LogP contribution in [0.5, 0.6) is 0 Å². The van der Waals surface area contributed by atoms with Crippen LogP contribution in [0.2, 0.25) is 5.02 Å². The lowest BCUT2D eigenvalue weighted by Gasteiger charge is -2.33. The molecule has 1 N–H and O–H groups in total. The average molecular weight is 535 g/mol. The van der Waals surface area contributed by atoms with Gasteiger partial charge in [0.25, 0.3) is 0 Å². The standard InChI is InChI=1S/C28H28ClFN6O2/c1-18(21-5-3-4-6-24(21)30)34-27-22-13-19(7-8-25(22)31-16-23(27)29)20-14-32-28(33-15-20)36-11-9-35(10-12-36)17-26(37)38-2/h3-8,13-16,18H,9-12,17H2,1-2H3,(H,31,34)/t18-/m1/s1. The molecular formula is C28H28ClFN6O2. The van der Waals surface area contributed by atoms with E-state index >= 15 is 0 Å². The molecule has 1 fully saturated rings. The van der Waals surface area contributed by atoms with Crippen molar-refractivity contribution in [3.8, 4) is 11.1 Å². The van der Waals surface area contributed by atoms with Crippen LogP contribution in [0.3, 0.4) is 0 Å². The van der Waals surface area contributed by atoms with E-state index < -0.39 is 0 Å². The number of nitrogens with one attached hydrogen (secondary N) is 1. The molecule has 0 bridgehead atoms. The number of rotatable bonds is 7. The number of benzene rings is 2. The SMILES string of the molecule is COC(=O)CN1CCN(c2ncc(-c3ccc4ncc(Cl)c(N[C@H](C)c5ccccc5F)c4c3)cn2)CC1. The van der Waals surface area contributed by atoms with Crippen molar-refractivity contribution in [3.63, 3.8) is 0 Å². The van der Waals surface area contributed by atoms with Crippen molar-refractivity contribution in [2.45, 2.75) is 13.0 Å². The third-order valence-electron chi connectivity index (χ3n) is 6.76. The third kappa shape index (κ3) is 5.54. The molecule has 0 radical (unpaired) electrons. The highest BCUT2D eigenvalue weighted by Gasteiger charge is 2.21. The van der Waals surface area contributed by atoms with Gasteiger partial charge in [0.2, 0.25) is 5.95 Å². The molecule has 8 nitrogen and oxygen atoms in total. The van der Waals surface area contributed by atoms with E-state index in [-0.39, 0.29) is 17.8 Å². The largest absolute Gasteiger partial charge is 0.468 e. The van der Waals surface area contributed by atoms with Crippen molar-refractivity contribution in [3.05, 3.63) is 77.5 Å². The normalized spacial score (nSPS) is 14.9. The second-order valence-electron chi connectivity index (χ2n) is 9.21. The molecule has 0 aliphatic carbocycles. The second kappa shape index (κ2) is 11.3. The van der Waals surface area contributed by atoms with E-state index in [0.717, 1.165) is 48.2 Å². The number of carbonyl (C=O) groups excluding carboxylic acids is 1. The van der Waals surface area contributed by atoms with Crippen LogP contribution in [-0.2, 0) is 9.53 Å². The van der Waals surface area contributed by atoms with Gasteiger partial charge in [-0.2, -0.15) is 0 Å². The van der Waals surface area contributed by atoms with Gasteiger partial charge in [0.05, 0.1) is 35.9 Å². The molecule has 1 saturated heterocycles. The van der Waals surface area contributed by atoms with E-state index in [1.807, 2.05) is 31.2 Å². The zero-order chi connectivity index (χ0) is 26.6. The van der Waals surface area contributed by atoms with Crippen LogP contribution in [0.25, 0.3) is 22.0 Å². The molecule has 0 spiro atoms. The summed E-state index contributed by atoms with van der Waals surface area (Å²) in [5.74, 6) is 0.147. The van der Waals surface area contributed by atoms with E-state index in [4.69, 9.17) is 16.3 Å². The van der Waals surface area contributed by atoms with Gasteiger partial charge in [0.15, 0.2) is 0 Å². The number of hydrogen-bond donors (Lipinski definition) is 1. The monoisotopic (exact) mass is 534 g/mol. The maximum absolute atomic E-state index is 14.4. The van der Waals surface area contributed by atoms with Gasteiger partial charge in [0.1, 0.15) is 5.82 Å². The van der Waals surface area contributed by atoms with E-state index in [2.05, 4.69) is 30.1 Å². The number of carbonyl (C=O) groups is 1. The van der Waals surface area contributed by atoms with Crippen LogP contribution in [0.4, 0.5) is 16.0 Å². The van der Waals surface area contributed by atoms with Gasteiger partial charge in [-0.25, -0.2) is 14.4 Å². The predicted molar refractivity (Wildman–Crippen MR) is 147 cm³/mol. The van der Waals surface area contributed by atoms with Gasteiger partial charge in [-0.1, -0.05) is 35.9 Å². The molecular weight excluding hydrogens is 507 g/mol. The summed E-state index contributed by atoms with van der Waals surface area (Å²) in [5, 5.41) is 4.65. The van der Waals surface area contributed by atoms with E-state index in [1.54, 1.807) is 30.7 Å². The number of piperazine rings is 1. The number of fused-ring (bicyclic) bond motifs is 1. The smallest absolute Gasteiger partial charge is 0.319 e. The summed E-state index contributed by atoms with van der Waals surface area (Å²) in [5.41, 5.74) is 3.78. The Morgan fingerprint density at radius 3 is 2.50 bits per heavy atom. The number of ether oxygens (including phenoxy) is 1. The van der Waals surface area contributed by atoms with E-state index in [1.165, 1.54) is 13.2 Å². The lowest BCUT2D eigenvalue weighted by molar-refractivity contribution is -0.142. The Bertz CT molecular complexity index is 1440. The minimum absolute atomic E-state index is 0.231. The number of anilines is 2. The molecule has 5 rings (SSSR count). The lowest BCUT2D eigenvalue weighted by atomic mass is 10.0. The molecule has 1 aliphatic rings. The molecule has 0 unspecified atom stereocenters. The van der Waals surface area contributed by atoms with Crippen molar-refractivity contribution in [2.24, 2.45) is 0 Å². The fourth-order valence-electron chi connectivity index (χ4n) is 4.60. The summed E-state index contributed by atoms with van der Waals surface area (Å²) in [6, 6.07) is 12.3. The molecule has 1 atom stereocenters. The Labute approximate surface area is 225 Å². The Morgan fingerprint density at radius 2 is 1.79 bits per heavy atom. The van der Waals surface area contributed by atoms with Crippen molar-refractivity contribution >= 4 is 40.1 Å². The molecule has 38 heavy (non-hydrogen) atoms. The summed E-state index contributed by atoms with van der Waals surface area (Å²) in [4.78, 5) is 29.4. The first kappa shape index (κ1) is 25.8. The van der Waals surface area contributed by atoms with Gasteiger partial charge in [-0.15, -0.1) is 0 Å². The lowest BCUT2D eigenvalue weighted by Crippen LogP contribution is -2.48. The van der Waals surface area contributed by atoms with E-state index in [0.29, 0.717) is 28.8 Å². The zero-order valence-electron chi connectivity index (χ0n) is 21.2. The van der Waals surface area contributed by atoms with Crippen LogP contribution >= 0.6 is 11.6 Å². The highest BCUT2D eigenvalue weighted by Crippen LogP contribution is 2.35. The first-order valence-electron chi connectivity index (χ1n) is 12.4. The number of halogens is 2. The minimum atomic E-state index is -0.307. The molecule has 1 aliphatic heterocycles. The van der Waals surface area contributed by atoms with Gasteiger partial charge < -0.3 is 15.0 Å². The number of pyridine rings is 1. The number of hydrogen-bond acceptors (Lipinski definition) is 8. The van der Waals surface area contributed by atoms with Crippen LogP contribution in [0.15, 0.2) is 61.1 Å². The van der Waals surface area contributed by atoms with Gasteiger partial charge in [-0.3, -0.25) is 14.7 Å². The third-order valence-corrected chi connectivity index (χ3v) is 7.05. The minimum Gasteiger partial charge on any atom is -0.468 e. The highest BCUT2D eigenvalue weighted by atomic mass is 35.5. The quantitative estimate of drug-likeness (QED) is 0.333. The maximum atomic E-state index is 14.4.